The number of aromatic nitrogens is 3. The first-order chi connectivity index (χ1) is 27.3. The average molecular weight is 700 g/mol. The fourth-order valence-corrected chi connectivity index (χ4v) is 9.11. The molecule has 12 rings (SSSR count). The van der Waals surface area contributed by atoms with Crippen LogP contribution in [-0.4, -0.2) is 14.1 Å². The molecular weight excluding hydrogens is 667 g/mol. The van der Waals surface area contributed by atoms with Crippen LogP contribution in [0.25, 0.3) is 110 Å². The molecule has 3 heteroatoms. The van der Waals surface area contributed by atoms with Gasteiger partial charge in [-0.15, -0.1) is 0 Å². The number of rotatable bonds is 4. The van der Waals surface area contributed by atoms with Crippen molar-refractivity contribution in [2.24, 2.45) is 0 Å². The van der Waals surface area contributed by atoms with Gasteiger partial charge in [0.1, 0.15) is 0 Å². The van der Waals surface area contributed by atoms with Crippen molar-refractivity contribution in [3.8, 4) is 33.6 Å². The third-order valence-corrected chi connectivity index (χ3v) is 11.6. The van der Waals surface area contributed by atoms with Gasteiger partial charge in [0.05, 0.1) is 22.1 Å². The van der Waals surface area contributed by atoms with Crippen LogP contribution >= 0.6 is 0 Å². The number of fused-ring (bicyclic) bond motifs is 10. The highest BCUT2D eigenvalue weighted by atomic mass is 15.0. The SMILES string of the molecule is c1ccc2cc(-n3c4ccccc4c4cc(-c5ccc6c(c5)c5ccccc5n6-c5ccc(-c6cccc7[nH]c8ccccc8c67)cc5)ccc43)ccc2c1. The standard InChI is InChI=1S/C52H33N3/c1-2-11-35-30-39(27-20-33(35)10-1)55-49-19-8-5-13-42(49)45-32-37(24-29-51(45)55)36-23-28-50-44(31-36)41-12-4-7-18-48(41)54(50)38-25-21-34(22-26-38)40-15-9-17-47-52(40)43-14-3-6-16-46(43)53-47/h1-32,53H. The quantitative estimate of drug-likeness (QED) is 0.189. The Morgan fingerprint density at radius 3 is 1.55 bits per heavy atom. The van der Waals surface area contributed by atoms with Gasteiger partial charge in [-0.3, -0.25) is 0 Å². The van der Waals surface area contributed by atoms with Crippen molar-refractivity contribution in [3.05, 3.63) is 194 Å². The van der Waals surface area contributed by atoms with Crippen LogP contribution in [0.3, 0.4) is 0 Å². The van der Waals surface area contributed by atoms with Crippen LogP contribution < -0.4 is 0 Å². The smallest absolute Gasteiger partial charge is 0.0541 e. The molecule has 0 amide bonds. The summed E-state index contributed by atoms with van der Waals surface area (Å²) >= 11 is 0. The first-order valence-corrected chi connectivity index (χ1v) is 18.9. The average Bonchev–Trinajstić information content (AvgIpc) is 3.91. The molecule has 9 aromatic carbocycles. The molecule has 0 saturated carbocycles. The number of nitrogens with one attached hydrogen (secondary N) is 1. The Morgan fingerprint density at radius 1 is 0.309 bits per heavy atom. The van der Waals surface area contributed by atoms with Gasteiger partial charge in [0.15, 0.2) is 0 Å². The Bertz CT molecular complexity index is 3480. The highest BCUT2D eigenvalue weighted by Crippen LogP contribution is 2.40. The molecule has 0 atom stereocenters. The first-order valence-electron chi connectivity index (χ1n) is 18.9. The zero-order chi connectivity index (χ0) is 36.0. The van der Waals surface area contributed by atoms with E-state index >= 15 is 0 Å². The number of para-hydroxylation sites is 3. The van der Waals surface area contributed by atoms with Gasteiger partial charge in [0.2, 0.25) is 0 Å². The molecule has 0 aliphatic heterocycles. The van der Waals surface area contributed by atoms with Crippen molar-refractivity contribution >= 4 is 76.2 Å². The molecule has 256 valence electrons. The minimum Gasteiger partial charge on any atom is -0.354 e. The third-order valence-electron chi connectivity index (χ3n) is 11.6. The van der Waals surface area contributed by atoms with Crippen molar-refractivity contribution in [1.82, 2.24) is 14.1 Å². The first kappa shape index (κ1) is 30.1. The number of hydrogen-bond acceptors (Lipinski definition) is 0. The lowest BCUT2D eigenvalue weighted by Crippen LogP contribution is -1.94. The Morgan fingerprint density at radius 2 is 0.836 bits per heavy atom. The second-order valence-corrected chi connectivity index (χ2v) is 14.6. The van der Waals surface area contributed by atoms with E-state index < -0.39 is 0 Å². The summed E-state index contributed by atoms with van der Waals surface area (Å²) in [7, 11) is 0. The monoisotopic (exact) mass is 699 g/mol. The van der Waals surface area contributed by atoms with Gasteiger partial charge in [-0.05, 0) is 106 Å². The van der Waals surface area contributed by atoms with Gasteiger partial charge in [0, 0.05) is 54.7 Å². The molecule has 3 nitrogen and oxygen atoms in total. The van der Waals surface area contributed by atoms with E-state index in [-0.39, 0.29) is 0 Å². The van der Waals surface area contributed by atoms with Gasteiger partial charge in [-0.25, -0.2) is 0 Å². The van der Waals surface area contributed by atoms with Crippen molar-refractivity contribution in [2.45, 2.75) is 0 Å². The summed E-state index contributed by atoms with van der Waals surface area (Å²) in [6.45, 7) is 0. The zero-order valence-electron chi connectivity index (χ0n) is 29.9. The van der Waals surface area contributed by atoms with E-state index in [1.807, 2.05) is 0 Å². The molecule has 0 bridgehead atoms. The van der Waals surface area contributed by atoms with Gasteiger partial charge in [-0.1, -0.05) is 121 Å². The molecule has 0 fully saturated rings. The molecule has 0 spiro atoms. The van der Waals surface area contributed by atoms with E-state index in [0.29, 0.717) is 0 Å². The van der Waals surface area contributed by atoms with Crippen LogP contribution in [0.1, 0.15) is 0 Å². The van der Waals surface area contributed by atoms with E-state index in [1.54, 1.807) is 0 Å². The Kier molecular flexibility index (Phi) is 6.34. The maximum atomic E-state index is 3.60. The maximum Gasteiger partial charge on any atom is 0.0541 e. The minimum atomic E-state index is 1.15. The van der Waals surface area contributed by atoms with Gasteiger partial charge in [-0.2, -0.15) is 0 Å². The number of H-pyrrole nitrogens is 1. The molecule has 0 saturated heterocycles. The second-order valence-electron chi connectivity index (χ2n) is 14.6. The van der Waals surface area contributed by atoms with Crippen LogP contribution in [0.4, 0.5) is 0 Å². The number of hydrogen-bond donors (Lipinski definition) is 1. The van der Waals surface area contributed by atoms with Gasteiger partial charge < -0.3 is 14.1 Å². The van der Waals surface area contributed by atoms with E-state index in [2.05, 4.69) is 208 Å². The summed E-state index contributed by atoms with van der Waals surface area (Å²) < 4.78 is 4.81. The van der Waals surface area contributed by atoms with Crippen LogP contribution in [-0.2, 0) is 0 Å². The molecule has 0 radical (unpaired) electrons. The number of aromatic amines is 1. The molecular formula is C52H33N3. The Labute approximate surface area is 316 Å². The fraction of sp³-hybridized carbons (Fsp3) is 0. The van der Waals surface area contributed by atoms with Crippen molar-refractivity contribution in [3.63, 3.8) is 0 Å². The molecule has 3 aromatic heterocycles. The van der Waals surface area contributed by atoms with E-state index in [4.69, 9.17) is 0 Å². The predicted molar refractivity (Wildman–Crippen MR) is 233 cm³/mol. The fourth-order valence-electron chi connectivity index (χ4n) is 9.11. The van der Waals surface area contributed by atoms with Gasteiger partial charge >= 0.3 is 0 Å². The number of benzene rings is 9. The summed E-state index contributed by atoms with van der Waals surface area (Å²) in [4.78, 5) is 3.60. The third kappa shape index (κ3) is 4.50. The Hall–Kier alpha value is -7.36. The van der Waals surface area contributed by atoms with Crippen molar-refractivity contribution < 1.29 is 0 Å². The molecule has 0 aliphatic carbocycles. The minimum absolute atomic E-state index is 1.15. The molecule has 55 heavy (non-hydrogen) atoms. The highest BCUT2D eigenvalue weighted by Gasteiger charge is 2.17. The lowest BCUT2D eigenvalue weighted by atomic mass is 9.99. The largest absolute Gasteiger partial charge is 0.354 e. The Balaban J connectivity index is 0.978. The summed E-state index contributed by atoms with van der Waals surface area (Å²) in [5.41, 5.74) is 14.4. The normalized spacial score (nSPS) is 12.0. The summed E-state index contributed by atoms with van der Waals surface area (Å²) in [6.07, 6.45) is 0. The molecule has 0 unspecified atom stereocenters. The summed E-state index contributed by atoms with van der Waals surface area (Å²) in [6, 6.07) is 71.0. The lowest BCUT2D eigenvalue weighted by Gasteiger charge is -2.11. The lowest BCUT2D eigenvalue weighted by molar-refractivity contribution is 1.18. The highest BCUT2D eigenvalue weighted by molar-refractivity contribution is 6.15. The van der Waals surface area contributed by atoms with Crippen LogP contribution in [0.15, 0.2) is 194 Å². The van der Waals surface area contributed by atoms with E-state index in [0.717, 1.165) is 11.2 Å². The van der Waals surface area contributed by atoms with Crippen molar-refractivity contribution in [1.29, 1.82) is 0 Å². The zero-order valence-corrected chi connectivity index (χ0v) is 29.9. The van der Waals surface area contributed by atoms with Crippen LogP contribution in [0, 0.1) is 0 Å². The number of nitrogens with zero attached hydrogens (tertiary/aromatic N) is 2. The van der Waals surface area contributed by atoms with Crippen LogP contribution in [0.2, 0.25) is 0 Å². The van der Waals surface area contributed by atoms with E-state index in [9.17, 15) is 0 Å². The molecule has 12 aromatic rings. The van der Waals surface area contributed by atoms with Crippen molar-refractivity contribution in [2.75, 3.05) is 0 Å². The second kappa shape index (κ2) is 11.6. The van der Waals surface area contributed by atoms with Gasteiger partial charge in [0.25, 0.3) is 0 Å². The predicted octanol–water partition coefficient (Wildman–Crippen LogP) is 14.0. The van der Waals surface area contributed by atoms with E-state index in [1.165, 1.54) is 98.6 Å². The summed E-state index contributed by atoms with van der Waals surface area (Å²) in [5, 5.41) is 10.0. The van der Waals surface area contributed by atoms with Crippen LogP contribution in [0.5, 0.6) is 0 Å². The molecule has 0 aliphatic rings. The summed E-state index contributed by atoms with van der Waals surface area (Å²) in [5.74, 6) is 0. The molecule has 1 N–H and O–H groups in total. The maximum absolute atomic E-state index is 3.60. The molecule has 3 heterocycles. The topological polar surface area (TPSA) is 25.6 Å².